The summed E-state index contributed by atoms with van der Waals surface area (Å²) in [5.74, 6) is -3.02. The van der Waals surface area contributed by atoms with Gasteiger partial charge in [0.15, 0.2) is 17.0 Å². The second kappa shape index (κ2) is 9.48. The second-order valence-electron chi connectivity index (χ2n) is 9.00. The standard InChI is InChI=1S/C24H24FN7O5/c1-12(21(33)29-14-4-3-5-14)28-23(35)18-9-16(30-20-15(25)11-27-32(18)20)22(34)26-10-13-6-7-19-17(8-13)31(2)24(36)37-19/h6-9,11-12,14H,3-5,10H2,1-2H3,(H,26,34)(H,28,35)(H,29,33)/t12-/m0/s1. The molecule has 0 saturated heterocycles. The average Bonchev–Trinajstić information content (AvgIpc) is 3.37. The monoisotopic (exact) mass is 509 g/mol. The van der Waals surface area contributed by atoms with E-state index in [2.05, 4.69) is 26.0 Å². The first-order chi connectivity index (χ1) is 17.7. The highest BCUT2D eigenvalue weighted by atomic mass is 19.1. The summed E-state index contributed by atoms with van der Waals surface area (Å²) in [4.78, 5) is 54.0. The van der Waals surface area contributed by atoms with Gasteiger partial charge in [-0.25, -0.2) is 18.7 Å². The maximum atomic E-state index is 14.3. The predicted molar refractivity (Wildman–Crippen MR) is 128 cm³/mol. The van der Waals surface area contributed by atoms with Crippen LogP contribution < -0.4 is 21.7 Å². The van der Waals surface area contributed by atoms with Gasteiger partial charge in [-0.2, -0.15) is 5.10 Å². The lowest BCUT2D eigenvalue weighted by Crippen LogP contribution is -2.50. The zero-order valence-corrected chi connectivity index (χ0v) is 20.1. The molecule has 0 aliphatic heterocycles. The van der Waals surface area contributed by atoms with Gasteiger partial charge in [0.05, 0.1) is 11.7 Å². The van der Waals surface area contributed by atoms with Gasteiger partial charge in [0.2, 0.25) is 5.91 Å². The Kier molecular flexibility index (Phi) is 6.19. The lowest BCUT2D eigenvalue weighted by molar-refractivity contribution is -0.123. The number of oxazole rings is 1. The fourth-order valence-electron chi connectivity index (χ4n) is 3.98. The van der Waals surface area contributed by atoms with E-state index >= 15 is 0 Å². The smallest absolute Gasteiger partial charge is 0.408 e. The van der Waals surface area contributed by atoms with Gasteiger partial charge < -0.3 is 20.4 Å². The fourth-order valence-corrected chi connectivity index (χ4v) is 3.98. The highest BCUT2D eigenvalue weighted by Crippen LogP contribution is 2.18. The van der Waals surface area contributed by atoms with Gasteiger partial charge in [0.1, 0.15) is 17.4 Å². The van der Waals surface area contributed by atoms with Crippen LogP contribution >= 0.6 is 0 Å². The largest absolute Gasteiger partial charge is 0.419 e. The molecule has 192 valence electrons. The number of nitrogens with zero attached hydrogens (tertiary/aromatic N) is 4. The molecule has 1 aromatic carbocycles. The van der Waals surface area contributed by atoms with E-state index in [0.717, 1.165) is 30.0 Å². The van der Waals surface area contributed by atoms with Crippen LogP contribution in [0.5, 0.6) is 0 Å². The van der Waals surface area contributed by atoms with Crippen molar-refractivity contribution in [3.63, 3.8) is 0 Å². The summed E-state index contributed by atoms with van der Waals surface area (Å²) in [6.45, 7) is 1.61. The molecule has 0 radical (unpaired) electrons. The molecule has 13 heteroatoms. The van der Waals surface area contributed by atoms with E-state index in [0.29, 0.717) is 16.7 Å². The molecule has 0 bridgehead atoms. The molecule has 1 saturated carbocycles. The van der Waals surface area contributed by atoms with Gasteiger partial charge in [0, 0.05) is 25.7 Å². The number of benzene rings is 1. The van der Waals surface area contributed by atoms with E-state index in [1.807, 2.05) is 0 Å². The van der Waals surface area contributed by atoms with Crippen LogP contribution in [0.3, 0.4) is 0 Å². The van der Waals surface area contributed by atoms with Gasteiger partial charge in [-0.15, -0.1) is 0 Å². The molecule has 12 nitrogen and oxygen atoms in total. The minimum atomic E-state index is -0.859. The van der Waals surface area contributed by atoms with E-state index in [1.165, 1.54) is 17.6 Å². The van der Waals surface area contributed by atoms with Crippen molar-refractivity contribution in [2.75, 3.05) is 0 Å². The van der Waals surface area contributed by atoms with Crippen LogP contribution in [0.1, 0.15) is 52.7 Å². The SMILES string of the molecule is C[C@H](NC(=O)c1cc(C(=O)NCc2ccc3oc(=O)n(C)c3c2)nc2c(F)cnn12)C(=O)NC1CCC1. The van der Waals surface area contributed by atoms with Gasteiger partial charge in [0.25, 0.3) is 11.8 Å². The number of nitrogens with one attached hydrogen (secondary N) is 3. The highest BCUT2D eigenvalue weighted by Gasteiger charge is 2.26. The first-order valence-electron chi connectivity index (χ1n) is 11.7. The van der Waals surface area contributed by atoms with Gasteiger partial charge >= 0.3 is 5.76 Å². The predicted octanol–water partition coefficient (Wildman–Crippen LogP) is 1.03. The first-order valence-corrected chi connectivity index (χ1v) is 11.7. The third-order valence-electron chi connectivity index (χ3n) is 6.40. The molecule has 0 unspecified atom stereocenters. The molecule has 1 aliphatic carbocycles. The Morgan fingerprint density at radius 2 is 2.00 bits per heavy atom. The fraction of sp³-hybridized carbons (Fsp3) is 0.333. The summed E-state index contributed by atoms with van der Waals surface area (Å²) in [7, 11) is 1.57. The Hall–Kier alpha value is -4.55. The summed E-state index contributed by atoms with van der Waals surface area (Å²) in [5.41, 5.74) is 0.985. The quantitative estimate of drug-likeness (QED) is 0.336. The number of hydrogen-bond donors (Lipinski definition) is 3. The normalized spacial score (nSPS) is 14.4. The highest BCUT2D eigenvalue weighted by molar-refractivity contribution is 6.00. The van der Waals surface area contributed by atoms with Crippen molar-refractivity contribution in [2.45, 2.75) is 44.8 Å². The second-order valence-corrected chi connectivity index (χ2v) is 9.00. The number of aromatic nitrogens is 4. The van der Waals surface area contributed by atoms with Crippen molar-refractivity contribution in [1.29, 1.82) is 0 Å². The lowest BCUT2D eigenvalue weighted by atomic mass is 9.93. The van der Waals surface area contributed by atoms with Gasteiger partial charge in [-0.1, -0.05) is 6.07 Å². The van der Waals surface area contributed by atoms with Crippen molar-refractivity contribution in [1.82, 2.24) is 35.1 Å². The Morgan fingerprint density at radius 3 is 2.73 bits per heavy atom. The Labute approximate surface area is 208 Å². The average molecular weight is 509 g/mol. The van der Waals surface area contributed by atoms with Crippen LogP contribution in [0.25, 0.3) is 16.7 Å². The Bertz CT molecular complexity index is 1600. The minimum absolute atomic E-state index is 0.0721. The molecule has 5 rings (SSSR count). The van der Waals surface area contributed by atoms with E-state index in [9.17, 15) is 23.6 Å². The van der Waals surface area contributed by atoms with E-state index in [1.54, 1.807) is 25.2 Å². The third-order valence-corrected chi connectivity index (χ3v) is 6.40. The number of carbonyl (C=O) groups is 3. The number of hydrogen-bond acceptors (Lipinski definition) is 7. The maximum absolute atomic E-state index is 14.3. The molecule has 37 heavy (non-hydrogen) atoms. The van der Waals surface area contributed by atoms with Gasteiger partial charge in [-0.3, -0.25) is 19.0 Å². The molecule has 0 spiro atoms. The number of fused-ring (bicyclic) bond motifs is 2. The Morgan fingerprint density at radius 1 is 1.22 bits per heavy atom. The molecular weight excluding hydrogens is 485 g/mol. The number of rotatable bonds is 7. The molecule has 3 amide bonds. The minimum Gasteiger partial charge on any atom is -0.408 e. The number of amides is 3. The molecule has 4 aromatic rings. The molecule has 3 N–H and O–H groups in total. The number of aryl methyl sites for hydroxylation is 1. The van der Waals surface area contributed by atoms with Crippen LogP contribution in [0.2, 0.25) is 0 Å². The molecular formula is C24H24FN7O5. The maximum Gasteiger partial charge on any atom is 0.419 e. The summed E-state index contributed by atoms with van der Waals surface area (Å²) in [5, 5.41) is 11.9. The molecule has 1 aliphatic rings. The van der Waals surface area contributed by atoms with Crippen molar-refractivity contribution in [2.24, 2.45) is 7.05 Å². The lowest BCUT2D eigenvalue weighted by Gasteiger charge is -2.28. The van der Waals surface area contributed by atoms with Crippen LogP contribution in [-0.4, -0.2) is 49.0 Å². The molecule has 3 aromatic heterocycles. The Balaban J connectivity index is 1.34. The summed E-state index contributed by atoms with van der Waals surface area (Å²) in [6.07, 6.45) is 3.74. The zero-order chi connectivity index (χ0) is 26.3. The van der Waals surface area contributed by atoms with Crippen molar-refractivity contribution in [3.8, 4) is 0 Å². The third kappa shape index (κ3) is 4.67. The van der Waals surface area contributed by atoms with E-state index < -0.39 is 29.4 Å². The molecule has 1 atom stereocenters. The van der Waals surface area contributed by atoms with Crippen molar-refractivity contribution < 1.29 is 23.2 Å². The zero-order valence-electron chi connectivity index (χ0n) is 20.1. The van der Waals surface area contributed by atoms with Crippen LogP contribution in [0.4, 0.5) is 4.39 Å². The van der Waals surface area contributed by atoms with Crippen LogP contribution in [0.15, 0.2) is 39.7 Å². The summed E-state index contributed by atoms with van der Waals surface area (Å²) < 4.78 is 21.8. The summed E-state index contributed by atoms with van der Waals surface area (Å²) >= 11 is 0. The molecule has 3 heterocycles. The first kappa shape index (κ1) is 24.2. The van der Waals surface area contributed by atoms with Crippen LogP contribution in [-0.2, 0) is 18.4 Å². The van der Waals surface area contributed by atoms with Crippen molar-refractivity contribution in [3.05, 3.63) is 63.8 Å². The topological polar surface area (TPSA) is 153 Å². The van der Waals surface area contributed by atoms with Crippen LogP contribution in [0, 0.1) is 5.82 Å². The van der Waals surface area contributed by atoms with Crippen molar-refractivity contribution >= 4 is 34.5 Å². The summed E-state index contributed by atoms with van der Waals surface area (Å²) in [6, 6.07) is 5.44. The van der Waals surface area contributed by atoms with Gasteiger partial charge in [-0.05, 0) is 43.9 Å². The number of halogens is 1. The van der Waals surface area contributed by atoms with E-state index in [4.69, 9.17) is 4.42 Å². The number of carbonyl (C=O) groups excluding carboxylic acids is 3. The molecule has 1 fully saturated rings. The van der Waals surface area contributed by atoms with E-state index in [-0.39, 0.29) is 35.5 Å².